The maximum absolute atomic E-state index is 9.33. The third-order valence-electron chi connectivity index (χ3n) is 1.13. The molecule has 0 amide bonds. The first-order valence-electron chi connectivity index (χ1n) is 2.60. The second-order valence-corrected chi connectivity index (χ2v) is 5.08. The highest BCUT2D eigenvalue weighted by molar-refractivity contribution is 8.31. The monoisotopic (exact) mass is 155 g/mol. The van der Waals surface area contributed by atoms with Gasteiger partial charge in [0.05, 0.1) is 0 Å². The van der Waals surface area contributed by atoms with Crippen molar-refractivity contribution in [2.45, 2.75) is 13.8 Å². The highest BCUT2D eigenvalue weighted by Gasteiger charge is 2.10. The van der Waals surface area contributed by atoms with Gasteiger partial charge in [0.15, 0.2) is 0 Å². The summed E-state index contributed by atoms with van der Waals surface area (Å²) in [7, 11) is -1.54. The summed E-state index contributed by atoms with van der Waals surface area (Å²) < 4.78 is 11.9. The average Bonchev–Trinajstić information content (AvgIpc) is 1.87. The lowest BCUT2D eigenvalue weighted by molar-refractivity contribution is 0.624. The zero-order valence-electron chi connectivity index (χ0n) is 5.22. The third kappa shape index (κ3) is 2.26. The maximum atomic E-state index is 9.33. The van der Waals surface area contributed by atoms with E-state index < -0.39 is 10.5 Å². The van der Waals surface area contributed by atoms with Crippen LogP contribution in [0.4, 0.5) is 0 Å². The van der Waals surface area contributed by atoms with Gasteiger partial charge in [-0.1, -0.05) is 37.2 Å². The lowest BCUT2D eigenvalue weighted by Crippen LogP contribution is -2.14. The summed E-state index contributed by atoms with van der Waals surface area (Å²) in [5, 5.41) is 0. The Bertz CT molecular complexity index is 56.8. The Labute approximate surface area is 57.9 Å². The molecule has 0 aliphatic rings. The highest BCUT2D eigenvalue weighted by atomic mass is 32.3. The van der Waals surface area contributed by atoms with Crippen molar-refractivity contribution in [3.05, 3.63) is 0 Å². The van der Waals surface area contributed by atoms with Crippen molar-refractivity contribution < 1.29 is 4.55 Å². The van der Waals surface area contributed by atoms with E-state index in [0.717, 1.165) is 11.5 Å². The Morgan fingerprint density at radius 3 is 1.88 bits per heavy atom. The van der Waals surface area contributed by atoms with Crippen molar-refractivity contribution in [2.75, 3.05) is 11.5 Å². The molecule has 0 rings (SSSR count). The van der Waals surface area contributed by atoms with Crippen LogP contribution in [0.25, 0.3) is 0 Å². The van der Waals surface area contributed by atoms with Crippen molar-refractivity contribution >= 4 is 23.3 Å². The summed E-state index contributed by atoms with van der Waals surface area (Å²) in [6.07, 6.45) is 0. The summed E-state index contributed by atoms with van der Waals surface area (Å²) in [5.74, 6) is 1.54. The molecule has 0 aliphatic heterocycles. The van der Waals surface area contributed by atoms with Crippen LogP contribution >= 0.6 is 23.3 Å². The van der Waals surface area contributed by atoms with Gasteiger partial charge in [-0.2, -0.15) is 0 Å². The third-order valence-corrected chi connectivity index (χ3v) is 4.39. The van der Waals surface area contributed by atoms with Crippen LogP contribution in [0.15, 0.2) is 0 Å². The largest absolute Gasteiger partial charge is 0.338 e. The fourth-order valence-corrected chi connectivity index (χ4v) is 1.77. The summed E-state index contributed by atoms with van der Waals surface area (Å²) in [4.78, 5) is 0. The van der Waals surface area contributed by atoms with E-state index in [2.05, 4.69) is 16.9 Å². The van der Waals surface area contributed by atoms with Crippen LogP contribution < -0.4 is 4.13 Å². The normalized spacial score (nSPS) is 14.0. The molecule has 0 bridgehead atoms. The average molecular weight is 155 g/mol. The molecule has 0 fully saturated rings. The summed E-state index contributed by atoms with van der Waals surface area (Å²) in [5.41, 5.74) is 0. The lowest BCUT2D eigenvalue weighted by Gasteiger charge is -2.29. The molecule has 8 heavy (non-hydrogen) atoms. The molecule has 2 N–H and O–H groups in total. The van der Waals surface area contributed by atoms with Crippen LogP contribution in [0.2, 0.25) is 0 Å². The molecule has 0 unspecified atom stereocenters. The molecule has 0 heterocycles. The SMILES string of the molecule is CCS(O)(CC)NS. The molecular formula is C4H13NOS2. The first-order valence-corrected chi connectivity index (χ1v) is 4.98. The number of hydrogen-bond donors (Lipinski definition) is 3. The fourth-order valence-electron chi connectivity index (χ4n) is 0.333. The van der Waals surface area contributed by atoms with E-state index in [1.54, 1.807) is 0 Å². The maximum Gasteiger partial charge on any atom is 0.00917 e. The lowest BCUT2D eigenvalue weighted by atomic mass is 11.0. The zero-order chi connectivity index (χ0) is 6.62. The van der Waals surface area contributed by atoms with E-state index in [1.165, 1.54) is 0 Å². The number of rotatable bonds is 3. The van der Waals surface area contributed by atoms with E-state index in [9.17, 15) is 4.55 Å². The predicted octanol–water partition coefficient (Wildman–Crippen LogP) is 1.65. The van der Waals surface area contributed by atoms with E-state index in [1.807, 2.05) is 13.8 Å². The van der Waals surface area contributed by atoms with Crippen LogP contribution in [-0.4, -0.2) is 16.1 Å². The quantitative estimate of drug-likeness (QED) is 0.541. The highest BCUT2D eigenvalue weighted by Crippen LogP contribution is 2.37. The Morgan fingerprint density at radius 2 is 1.88 bits per heavy atom. The first kappa shape index (κ1) is 8.62. The van der Waals surface area contributed by atoms with Crippen molar-refractivity contribution in [3.8, 4) is 0 Å². The minimum Gasteiger partial charge on any atom is -0.338 e. The van der Waals surface area contributed by atoms with Crippen molar-refractivity contribution in [2.24, 2.45) is 0 Å². The minimum absolute atomic E-state index is 0.771. The smallest absolute Gasteiger partial charge is 0.00917 e. The van der Waals surface area contributed by atoms with Crippen LogP contribution in [0, 0.1) is 0 Å². The molecule has 0 aromatic heterocycles. The van der Waals surface area contributed by atoms with Gasteiger partial charge >= 0.3 is 0 Å². The summed E-state index contributed by atoms with van der Waals surface area (Å²) in [6.45, 7) is 3.89. The molecule has 2 nitrogen and oxygen atoms in total. The Morgan fingerprint density at radius 1 is 1.50 bits per heavy atom. The van der Waals surface area contributed by atoms with Crippen molar-refractivity contribution in [1.82, 2.24) is 4.13 Å². The van der Waals surface area contributed by atoms with Gasteiger partial charge in [-0.25, -0.2) is 4.13 Å². The molecule has 4 heteroatoms. The molecule has 0 spiro atoms. The van der Waals surface area contributed by atoms with Crippen molar-refractivity contribution in [1.29, 1.82) is 0 Å². The number of hydrogen-bond acceptors (Lipinski definition) is 3. The molecule has 0 radical (unpaired) electrons. The molecule has 0 saturated heterocycles. The van der Waals surface area contributed by atoms with Crippen molar-refractivity contribution in [3.63, 3.8) is 0 Å². The van der Waals surface area contributed by atoms with Gasteiger partial charge in [0, 0.05) is 11.5 Å². The predicted molar refractivity (Wildman–Crippen MR) is 43.4 cm³/mol. The van der Waals surface area contributed by atoms with Crippen LogP contribution in [0.5, 0.6) is 0 Å². The van der Waals surface area contributed by atoms with Gasteiger partial charge in [-0.15, -0.1) is 0 Å². The molecule has 0 atom stereocenters. The Balaban J connectivity index is 3.58. The van der Waals surface area contributed by atoms with Gasteiger partial charge in [-0.3, -0.25) is 0 Å². The Hall–Kier alpha value is 0.620. The minimum atomic E-state index is -1.54. The summed E-state index contributed by atoms with van der Waals surface area (Å²) >= 11 is 3.80. The standard InChI is InChI=1S/C4H13NOS2/c1-3-8(6,4-2)5-7/h5-7H,3-4H2,1-2H3. The zero-order valence-corrected chi connectivity index (χ0v) is 6.93. The molecule has 0 aromatic rings. The van der Waals surface area contributed by atoms with Gasteiger partial charge in [0.2, 0.25) is 0 Å². The van der Waals surface area contributed by atoms with Gasteiger partial charge < -0.3 is 4.55 Å². The second kappa shape index (κ2) is 3.61. The molecule has 0 aliphatic carbocycles. The first-order chi connectivity index (χ1) is 3.68. The molecular weight excluding hydrogens is 142 g/mol. The van der Waals surface area contributed by atoms with E-state index >= 15 is 0 Å². The van der Waals surface area contributed by atoms with Gasteiger partial charge in [-0.05, 0) is 0 Å². The van der Waals surface area contributed by atoms with E-state index in [0.29, 0.717) is 0 Å². The number of thiol groups is 1. The molecule has 0 saturated carbocycles. The van der Waals surface area contributed by atoms with Crippen LogP contribution in [-0.2, 0) is 0 Å². The van der Waals surface area contributed by atoms with Crippen LogP contribution in [0.1, 0.15) is 13.8 Å². The van der Waals surface area contributed by atoms with E-state index in [-0.39, 0.29) is 0 Å². The topological polar surface area (TPSA) is 32.3 Å². The second-order valence-electron chi connectivity index (χ2n) is 1.51. The van der Waals surface area contributed by atoms with Crippen LogP contribution in [0.3, 0.4) is 0 Å². The molecule has 0 aromatic carbocycles. The fraction of sp³-hybridized carbons (Fsp3) is 1.00. The summed E-state index contributed by atoms with van der Waals surface area (Å²) in [6, 6.07) is 0. The Kier molecular flexibility index (Phi) is 3.89. The van der Waals surface area contributed by atoms with E-state index in [4.69, 9.17) is 0 Å². The molecule has 52 valence electrons. The number of nitrogens with one attached hydrogen (secondary N) is 1. The van der Waals surface area contributed by atoms with Gasteiger partial charge in [0.25, 0.3) is 0 Å². The van der Waals surface area contributed by atoms with Gasteiger partial charge in [0.1, 0.15) is 0 Å².